The van der Waals surface area contributed by atoms with Crippen molar-refractivity contribution in [2.75, 3.05) is 25.1 Å². The number of rotatable bonds is 7. The van der Waals surface area contributed by atoms with Crippen LogP contribution in [0.5, 0.6) is 0 Å². The average Bonchev–Trinajstić information content (AvgIpc) is 2.34. The number of ether oxygens (including phenoxy) is 1. The van der Waals surface area contributed by atoms with E-state index in [1.807, 2.05) is 13.0 Å². The molecule has 0 saturated carbocycles. The number of hydrogen-bond donors (Lipinski definition) is 1. The zero-order valence-electron chi connectivity index (χ0n) is 10.5. The number of aryl methyl sites for hydroxylation is 1. The predicted octanol–water partition coefficient (Wildman–Crippen LogP) is 2.49. The van der Waals surface area contributed by atoms with Crippen molar-refractivity contribution in [3.63, 3.8) is 0 Å². The first-order valence-corrected chi connectivity index (χ1v) is 5.97. The van der Waals surface area contributed by atoms with Crippen LogP contribution in [0.3, 0.4) is 0 Å². The van der Waals surface area contributed by atoms with Crippen LogP contribution < -0.4 is 5.32 Å². The van der Waals surface area contributed by atoms with Gasteiger partial charge in [0.2, 0.25) is 0 Å². The number of nitrogens with zero attached hydrogens (tertiary/aromatic N) is 2. The molecule has 4 nitrogen and oxygen atoms in total. The Bertz CT molecular complexity index is 385. The van der Waals surface area contributed by atoms with Gasteiger partial charge >= 0.3 is 0 Å². The largest absolute Gasteiger partial charge is 0.380 e. The summed E-state index contributed by atoms with van der Waals surface area (Å²) >= 11 is 0. The van der Waals surface area contributed by atoms with Gasteiger partial charge in [0.15, 0.2) is 0 Å². The number of nitriles is 1. The maximum Gasteiger partial charge on any atom is 0.126 e. The Hall–Kier alpha value is -1.60. The standard InChI is InChI=1S/C13H19N3O/c1-3-4-8-17-9-7-15-13-6-5-12(10-14)11(2)16-13/h5-6H,3-4,7-9H2,1-2H3,(H,15,16). The number of unbranched alkanes of at least 4 members (excludes halogenated alkanes) is 1. The third-order valence-corrected chi connectivity index (χ3v) is 2.40. The molecule has 0 aromatic carbocycles. The van der Waals surface area contributed by atoms with Crippen molar-refractivity contribution in [3.8, 4) is 6.07 Å². The van der Waals surface area contributed by atoms with Crippen molar-refractivity contribution in [1.29, 1.82) is 5.26 Å². The van der Waals surface area contributed by atoms with Crippen LogP contribution in [-0.4, -0.2) is 24.7 Å². The second-order valence-electron chi connectivity index (χ2n) is 3.83. The van der Waals surface area contributed by atoms with E-state index >= 15 is 0 Å². The first-order valence-electron chi connectivity index (χ1n) is 5.97. The van der Waals surface area contributed by atoms with E-state index in [9.17, 15) is 0 Å². The Morgan fingerprint density at radius 3 is 2.88 bits per heavy atom. The highest BCUT2D eigenvalue weighted by atomic mass is 16.5. The van der Waals surface area contributed by atoms with Gasteiger partial charge in [-0.25, -0.2) is 4.98 Å². The van der Waals surface area contributed by atoms with Gasteiger partial charge in [-0.1, -0.05) is 13.3 Å². The summed E-state index contributed by atoms with van der Waals surface area (Å²) in [5.41, 5.74) is 1.37. The zero-order chi connectivity index (χ0) is 12.5. The van der Waals surface area contributed by atoms with E-state index in [2.05, 4.69) is 23.3 Å². The van der Waals surface area contributed by atoms with Gasteiger partial charge in [-0.05, 0) is 25.5 Å². The highest BCUT2D eigenvalue weighted by Crippen LogP contribution is 2.08. The molecular weight excluding hydrogens is 214 g/mol. The molecule has 4 heteroatoms. The predicted molar refractivity (Wildman–Crippen MR) is 67.9 cm³/mol. The average molecular weight is 233 g/mol. The molecular formula is C13H19N3O. The Morgan fingerprint density at radius 2 is 2.24 bits per heavy atom. The molecule has 1 heterocycles. The van der Waals surface area contributed by atoms with Gasteiger partial charge in [-0.3, -0.25) is 0 Å². The lowest BCUT2D eigenvalue weighted by Crippen LogP contribution is -2.11. The van der Waals surface area contributed by atoms with Crippen LogP contribution in [0.1, 0.15) is 31.0 Å². The van der Waals surface area contributed by atoms with Crippen LogP contribution in [-0.2, 0) is 4.74 Å². The SMILES string of the molecule is CCCCOCCNc1ccc(C#N)c(C)n1. The molecule has 0 aliphatic heterocycles. The normalized spacial score (nSPS) is 9.94. The maximum absolute atomic E-state index is 8.78. The van der Waals surface area contributed by atoms with Crippen LogP contribution in [0, 0.1) is 18.3 Å². The summed E-state index contributed by atoms with van der Waals surface area (Å²) in [5.74, 6) is 0.792. The summed E-state index contributed by atoms with van der Waals surface area (Å²) in [7, 11) is 0. The van der Waals surface area contributed by atoms with E-state index in [0.29, 0.717) is 12.2 Å². The molecule has 17 heavy (non-hydrogen) atoms. The maximum atomic E-state index is 8.78. The van der Waals surface area contributed by atoms with Gasteiger partial charge in [0.1, 0.15) is 11.9 Å². The molecule has 0 fully saturated rings. The molecule has 1 aromatic rings. The number of aromatic nitrogens is 1. The van der Waals surface area contributed by atoms with E-state index in [4.69, 9.17) is 10.00 Å². The van der Waals surface area contributed by atoms with Crippen LogP contribution in [0.4, 0.5) is 5.82 Å². The van der Waals surface area contributed by atoms with E-state index in [1.165, 1.54) is 0 Å². The number of pyridine rings is 1. The van der Waals surface area contributed by atoms with E-state index in [-0.39, 0.29) is 0 Å². The fraction of sp³-hybridized carbons (Fsp3) is 0.538. The molecule has 0 atom stereocenters. The third kappa shape index (κ3) is 4.83. The summed E-state index contributed by atoms with van der Waals surface area (Å²) in [6.07, 6.45) is 2.26. The van der Waals surface area contributed by atoms with E-state index in [0.717, 1.165) is 37.5 Å². The number of nitrogens with one attached hydrogen (secondary N) is 1. The lowest BCUT2D eigenvalue weighted by molar-refractivity contribution is 0.141. The third-order valence-electron chi connectivity index (χ3n) is 2.40. The summed E-state index contributed by atoms with van der Waals surface area (Å²) in [5, 5.41) is 11.9. The molecule has 1 aromatic heterocycles. The summed E-state index contributed by atoms with van der Waals surface area (Å²) < 4.78 is 5.43. The molecule has 0 aliphatic carbocycles. The molecule has 0 aliphatic rings. The van der Waals surface area contributed by atoms with Gasteiger partial charge in [-0.2, -0.15) is 5.26 Å². The van der Waals surface area contributed by atoms with Crippen LogP contribution >= 0.6 is 0 Å². The number of hydrogen-bond acceptors (Lipinski definition) is 4. The number of anilines is 1. The van der Waals surface area contributed by atoms with Crippen LogP contribution in [0.25, 0.3) is 0 Å². The van der Waals surface area contributed by atoms with Crippen molar-refractivity contribution < 1.29 is 4.74 Å². The lowest BCUT2D eigenvalue weighted by atomic mass is 10.2. The monoisotopic (exact) mass is 233 g/mol. The summed E-state index contributed by atoms with van der Waals surface area (Å²) in [4.78, 5) is 4.29. The minimum absolute atomic E-state index is 0.620. The first kappa shape index (κ1) is 13.5. The molecule has 0 saturated heterocycles. The topological polar surface area (TPSA) is 57.9 Å². The van der Waals surface area contributed by atoms with Gasteiger partial charge in [0, 0.05) is 13.2 Å². The minimum atomic E-state index is 0.620. The first-order chi connectivity index (χ1) is 8.27. The van der Waals surface area contributed by atoms with Gasteiger partial charge in [0.05, 0.1) is 17.9 Å². The van der Waals surface area contributed by atoms with E-state index < -0.39 is 0 Å². The fourth-order valence-corrected chi connectivity index (χ4v) is 1.38. The van der Waals surface area contributed by atoms with Gasteiger partial charge in [0.25, 0.3) is 0 Å². The quantitative estimate of drug-likeness (QED) is 0.735. The lowest BCUT2D eigenvalue weighted by Gasteiger charge is -2.07. The smallest absolute Gasteiger partial charge is 0.126 e. The summed E-state index contributed by atoms with van der Waals surface area (Å²) in [6, 6.07) is 5.70. The molecule has 0 unspecified atom stereocenters. The van der Waals surface area contributed by atoms with Crippen molar-refractivity contribution >= 4 is 5.82 Å². The highest BCUT2D eigenvalue weighted by Gasteiger charge is 1.99. The second-order valence-corrected chi connectivity index (χ2v) is 3.83. The fourth-order valence-electron chi connectivity index (χ4n) is 1.38. The van der Waals surface area contributed by atoms with Crippen LogP contribution in [0.15, 0.2) is 12.1 Å². The molecule has 0 bridgehead atoms. The molecule has 0 amide bonds. The van der Waals surface area contributed by atoms with E-state index in [1.54, 1.807) is 6.07 Å². The molecule has 0 radical (unpaired) electrons. The van der Waals surface area contributed by atoms with Crippen molar-refractivity contribution in [3.05, 3.63) is 23.4 Å². The van der Waals surface area contributed by atoms with Crippen molar-refractivity contribution in [2.45, 2.75) is 26.7 Å². The molecule has 0 spiro atoms. The Balaban J connectivity index is 2.28. The Morgan fingerprint density at radius 1 is 1.41 bits per heavy atom. The molecule has 1 N–H and O–H groups in total. The summed E-state index contributed by atoms with van der Waals surface area (Å²) in [6.45, 7) is 6.22. The van der Waals surface area contributed by atoms with Crippen molar-refractivity contribution in [2.24, 2.45) is 0 Å². The van der Waals surface area contributed by atoms with Gasteiger partial charge < -0.3 is 10.1 Å². The molecule has 92 valence electrons. The second kappa shape index (κ2) is 7.64. The Labute approximate surface area is 103 Å². The minimum Gasteiger partial charge on any atom is -0.380 e. The molecule has 1 rings (SSSR count). The van der Waals surface area contributed by atoms with Crippen LogP contribution in [0.2, 0.25) is 0 Å². The highest BCUT2D eigenvalue weighted by molar-refractivity contribution is 5.42. The zero-order valence-corrected chi connectivity index (χ0v) is 10.5. The Kier molecular flexibility index (Phi) is 6.05. The van der Waals surface area contributed by atoms with Crippen molar-refractivity contribution in [1.82, 2.24) is 4.98 Å². The van der Waals surface area contributed by atoms with Gasteiger partial charge in [-0.15, -0.1) is 0 Å².